The van der Waals surface area contributed by atoms with Crippen LogP contribution >= 0.6 is 39.0 Å². The summed E-state index contributed by atoms with van der Waals surface area (Å²) in [6, 6.07) is 7.28. The Morgan fingerprint density at radius 3 is 2.65 bits per heavy atom. The molecule has 1 aromatic carbocycles. The molecule has 0 amide bonds. The molecule has 1 heterocycles. The predicted octanol–water partition coefficient (Wildman–Crippen LogP) is 2.86. The molecule has 0 atom stereocenters. The van der Waals surface area contributed by atoms with E-state index in [1.165, 1.54) is 23.1 Å². The number of Topliss-reactive ketones (excluding diaryl/α,β-unsaturated/α-hetero) is 1. The molecular formula is C10H8BrN3OS2. The van der Waals surface area contributed by atoms with Gasteiger partial charge in [-0.3, -0.25) is 4.79 Å². The van der Waals surface area contributed by atoms with E-state index in [4.69, 9.17) is 5.73 Å². The van der Waals surface area contributed by atoms with E-state index in [0.717, 1.165) is 4.47 Å². The van der Waals surface area contributed by atoms with Crippen molar-refractivity contribution >= 4 is 49.9 Å². The van der Waals surface area contributed by atoms with Crippen molar-refractivity contribution in [2.45, 2.75) is 4.34 Å². The first-order valence-corrected chi connectivity index (χ1v) is 7.25. The molecule has 0 fully saturated rings. The van der Waals surface area contributed by atoms with Crippen molar-refractivity contribution in [2.75, 3.05) is 11.5 Å². The molecule has 88 valence electrons. The van der Waals surface area contributed by atoms with E-state index in [0.29, 0.717) is 20.8 Å². The third kappa shape index (κ3) is 3.52. The number of nitrogens with two attached hydrogens (primary N) is 1. The normalized spacial score (nSPS) is 10.4. The minimum atomic E-state index is 0.0660. The lowest BCUT2D eigenvalue weighted by atomic mass is 10.2. The SMILES string of the molecule is Nc1nnc(SCC(=O)c2ccc(Br)cc2)s1. The standard InChI is InChI=1S/C10H8BrN3OS2/c11-7-3-1-6(2-4-7)8(15)5-16-10-14-13-9(12)17-10/h1-4H,5H2,(H2,12,13). The Morgan fingerprint density at radius 1 is 1.35 bits per heavy atom. The van der Waals surface area contributed by atoms with Crippen molar-refractivity contribution in [3.05, 3.63) is 34.3 Å². The molecule has 4 nitrogen and oxygen atoms in total. The summed E-state index contributed by atoms with van der Waals surface area (Å²) in [5, 5.41) is 7.95. The highest BCUT2D eigenvalue weighted by Crippen LogP contribution is 2.24. The Kier molecular flexibility index (Phi) is 4.14. The number of rotatable bonds is 4. The summed E-state index contributed by atoms with van der Waals surface area (Å²) in [7, 11) is 0. The van der Waals surface area contributed by atoms with Gasteiger partial charge in [-0.25, -0.2) is 0 Å². The number of anilines is 1. The largest absolute Gasteiger partial charge is 0.374 e. The van der Waals surface area contributed by atoms with Crippen LogP contribution in [0.15, 0.2) is 33.1 Å². The molecule has 2 rings (SSSR count). The molecule has 2 aromatic rings. The summed E-state index contributed by atoms with van der Waals surface area (Å²) >= 11 is 5.96. The van der Waals surface area contributed by atoms with E-state index in [2.05, 4.69) is 26.1 Å². The van der Waals surface area contributed by atoms with Crippen LogP contribution in [0, 0.1) is 0 Å². The van der Waals surface area contributed by atoms with Crippen LogP contribution in [0.5, 0.6) is 0 Å². The fourth-order valence-electron chi connectivity index (χ4n) is 1.13. The van der Waals surface area contributed by atoms with Gasteiger partial charge in [0.2, 0.25) is 5.13 Å². The van der Waals surface area contributed by atoms with Gasteiger partial charge in [-0.15, -0.1) is 10.2 Å². The van der Waals surface area contributed by atoms with Gasteiger partial charge in [-0.05, 0) is 12.1 Å². The second-order valence-electron chi connectivity index (χ2n) is 3.12. The molecule has 1 aromatic heterocycles. The zero-order valence-corrected chi connectivity index (χ0v) is 11.8. The maximum atomic E-state index is 11.8. The summed E-state index contributed by atoms with van der Waals surface area (Å²) in [6.45, 7) is 0. The molecule has 0 aliphatic carbocycles. The van der Waals surface area contributed by atoms with Crippen molar-refractivity contribution in [2.24, 2.45) is 0 Å². The maximum absolute atomic E-state index is 11.8. The lowest BCUT2D eigenvalue weighted by Crippen LogP contribution is -2.01. The van der Waals surface area contributed by atoms with E-state index in [-0.39, 0.29) is 5.78 Å². The number of aromatic nitrogens is 2. The minimum absolute atomic E-state index is 0.0660. The summed E-state index contributed by atoms with van der Waals surface area (Å²) in [5.74, 6) is 0.410. The highest BCUT2D eigenvalue weighted by molar-refractivity contribution is 9.10. The minimum Gasteiger partial charge on any atom is -0.374 e. The summed E-state index contributed by atoms with van der Waals surface area (Å²) in [6.07, 6.45) is 0. The van der Waals surface area contributed by atoms with Crippen LogP contribution in [0.4, 0.5) is 5.13 Å². The monoisotopic (exact) mass is 329 g/mol. The van der Waals surface area contributed by atoms with Crippen LogP contribution in [0.2, 0.25) is 0 Å². The first-order chi connectivity index (χ1) is 8.15. The quantitative estimate of drug-likeness (QED) is 0.690. The molecule has 0 saturated heterocycles. The number of ketones is 1. The molecule has 7 heteroatoms. The number of carbonyl (C=O) groups excluding carboxylic acids is 1. The lowest BCUT2D eigenvalue weighted by Gasteiger charge is -1.99. The summed E-state index contributed by atoms with van der Waals surface area (Å²) in [4.78, 5) is 11.8. The highest BCUT2D eigenvalue weighted by Gasteiger charge is 2.08. The van der Waals surface area contributed by atoms with Gasteiger partial charge in [0.25, 0.3) is 0 Å². The molecule has 0 bridgehead atoms. The van der Waals surface area contributed by atoms with Crippen molar-refractivity contribution in [3.63, 3.8) is 0 Å². The number of hydrogen-bond acceptors (Lipinski definition) is 6. The second kappa shape index (κ2) is 5.61. The lowest BCUT2D eigenvalue weighted by molar-refractivity contribution is 0.102. The van der Waals surface area contributed by atoms with Crippen molar-refractivity contribution in [1.82, 2.24) is 10.2 Å². The van der Waals surface area contributed by atoms with Crippen molar-refractivity contribution in [1.29, 1.82) is 0 Å². The molecule has 0 unspecified atom stereocenters. The number of nitrogens with zero attached hydrogens (tertiary/aromatic N) is 2. The zero-order valence-electron chi connectivity index (χ0n) is 8.59. The van der Waals surface area contributed by atoms with Crippen LogP contribution in [-0.4, -0.2) is 21.7 Å². The van der Waals surface area contributed by atoms with Gasteiger partial charge in [0, 0.05) is 10.0 Å². The fraction of sp³-hybridized carbons (Fsp3) is 0.100. The molecule has 0 aliphatic heterocycles. The van der Waals surface area contributed by atoms with E-state index < -0.39 is 0 Å². The van der Waals surface area contributed by atoms with E-state index in [9.17, 15) is 4.79 Å². The van der Waals surface area contributed by atoms with Gasteiger partial charge in [-0.2, -0.15) is 0 Å². The molecular weight excluding hydrogens is 322 g/mol. The van der Waals surface area contributed by atoms with Gasteiger partial charge < -0.3 is 5.73 Å². The average molecular weight is 330 g/mol. The number of hydrogen-bond donors (Lipinski definition) is 1. The van der Waals surface area contributed by atoms with Gasteiger partial charge >= 0.3 is 0 Å². The van der Waals surface area contributed by atoms with Crippen LogP contribution in [0.1, 0.15) is 10.4 Å². The molecule has 0 radical (unpaired) electrons. The number of halogens is 1. The number of benzene rings is 1. The first kappa shape index (κ1) is 12.5. The third-order valence-electron chi connectivity index (χ3n) is 1.92. The number of thioether (sulfide) groups is 1. The Morgan fingerprint density at radius 2 is 2.06 bits per heavy atom. The molecule has 17 heavy (non-hydrogen) atoms. The Bertz CT molecular complexity index is 527. The van der Waals surface area contributed by atoms with Gasteiger partial charge in [0.1, 0.15) is 0 Å². The third-order valence-corrected chi connectivity index (χ3v) is 4.33. The number of nitrogen functional groups attached to an aromatic ring is 1. The van der Waals surface area contributed by atoms with Crippen LogP contribution in [0.3, 0.4) is 0 Å². The predicted molar refractivity (Wildman–Crippen MR) is 73.5 cm³/mol. The molecule has 0 saturated carbocycles. The molecule has 0 spiro atoms. The second-order valence-corrected chi connectivity index (χ2v) is 6.27. The van der Waals surface area contributed by atoms with Crippen LogP contribution in [-0.2, 0) is 0 Å². The maximum Gasteiger partial charge on any atom is 0.203 e. The molecule has 0 aliphatic rings. The fourth-order valence-corrected chi connectivity index (χ4v) is 2.92. The van der Waals surface area contributed by atoms with Crippen molar-refractivity contribution in [3.8, 4) is 0 Å². The van der Waals surface area contributed by atoms with Crippen molar-refractivity contribution < 1.29 is 4.79 Å². The zero-order chi connectivity index (χ0) is 12.3. The average Bonchev–Trinajstić information content (AvgIpc) is 2.73. The Balaban J connectivity index is 1.95. The Labute approximate surface area is 115 Å². The summed E-state index contributed by atoms with van der Waals surface area (Å²) < 4.78 is 1.67. The number of carbonyl (C=O) groups is 1. The summed E-state index contributed by atoms with van der Waals surface area (Å²) in [5.41, 5.74) is 6.15. The van der Waals surface area contributed by atoms with E-state index in [1.807, 2.05) is 12.1 Å². The van der Waals surface area contributed by atoms with Crippen LogP contribution < -0.4 is 5.73 Å². The Hall–Kier alpha value is -0.920. The smallest absolute Gasteiger partial charge is 0.203 e. The topological polar surface area (TPSA) is 68.9 Å². The van der Waals surface area contributed by atoms with Gasteiger partial charge in [0.05, 0.1) is 5.75 Å². The highest BCUT2D eigenvalue weighted by atomic mass is 79.9. The van der Waals surface area contributed by atoms with E-state index >= 15 is 0 Å². The van der Waals surface area contributed by atoms with Gasteiger partial charge in [0.15, 0.2) is 10.1 Å². The van der Waals surface area contributed by atoms with Crippen LogP contribution in [0.25, 0.3) is 0 Å². The molecule has 2 N–H and O–H groups in total. The van der Waals surface area contributed by atoms with Gasteiger partial charge in [-0.1, -0.05) is 51.2 Å². The first-order valence-electron chi connectivity index (χ1n) is 4.65. The van der Waals surface area contributed by atoms with E-state index in [1.54, 1.807) is 12.1 Å².